The molecule has 0 bridgehead atoms. The van der Waals surface area contributed by atoms with Crippen LogP contribution in [0.15, 0.2) is 36.7 Å². The monoisotopic (exact) mass is 378 g/mol. The lowest BCUT2D eigenvalue weighted by Crippen LogP contribution is -2.69. The van der Waals surface area contributed by atoms with E-state index < -0.39 is 23.5 Å². The molecule has 5 N–H and O–H groups in total. The van der Waals surface area contributed by atoms with Crippen LogP contribution in [0.2, 0.25) is 0 Å². The standard InChI is InChI=1S/C18H20F2N4O3/c1-17(16(25)24-27,18(2,26)15(19)20)21-9-13-6-3-12(4-7-13)5-8-14-10-22-23-11-14/h3-4,6-7,10-11,15,21,26-27H,9H2,1-2H3,(H,22,23)(H,24,25)/t17?,18-/m1/s1. The van der Waals surface area contributed by atoms with E-state index in [0.29, 0.717) is 5.56 Å². The third kappa shape index (κ3) is 4.49. The van der Waals surface area contributed by atoms with Crippen LogP contribution in [0, 0.1) is 11.8 Å². The van der Waals surface area contributed by atoms with E-state index in [-0.39, 0.29) is 6.54 Å². The van der Waals surface area contributed by atoms with Crippen molar-refractivity contribution in [3.05, 3.63) is 53.3 Å². The smallest absolute Gasteiger partial charge is 0.268 e. The van der Waals surface area contributed by atoms with Crippen molar-refractivity contribution in [2.45, 2.75) is 38.0 Å². The Hall–Kier alpha value is -2.80. The summed E-state index contributed by atoms with van der Waals surface area (Å²) in [4.78, 5) is 11.9. The number of hydroxylamine groups is 1. The predicted octanol–water partition coefficient (Wildman–Crippen LogP) is 1.18. The second-order valence-corrected chi connectivity index (χ2v) is 6.30. The van der Waals surface area contributed by atoms with Gasteiger partial charge < -0.3 is 5.11 Å². The Morgan fingerprint density at radius 2 is 1.89 bits per heavy atom. The van der Waals surface area contributed by atoms with E-state index in [1.807, 2.05) is 0 Å². The second-order valence-electron chi connectivity index (χ2n) is 6.30. The summed E-state index contributed by atoms with van der Waals surface area (Å²) in [6.45, 7) is 1.92. The van der Waals surface area contributed by atoms with Gasteiger partial charge in [0.05, 0.1) is 11.8 Å². The molecule has 0 aliphatic rings. The van der Waals surface area contributed by atoms with Crippen molar-refractivity contribution in [1.82, 2.24) is 21.0 Å². The van der Waals surface area contributed by atoms with Crippen molar-refractivity contribution in [2.24, 2.45) is 0 Å². The molecule has 0 spiro atoms. The highest BCUT2D eigenvalue weighted by Crippen LogP contribution is 2.29. The fourth-order valence-electron chi connectivity index (χ4n) is 2.27. The van der Waals surface area contributed by atoms with Crippen LogP contribution < -0.4 is 10.8 Å². The Kier molecular flexibility index (Phi) is 6.28. The Morgan fingerprint density at radius 3 is 2.41 bits per heavy atom. The average Bonchev–Trinajstić information content (AvgIpc) is 3.17. The lowest BCUT2D eigenvalue weighted by Gasteiger charge is -2.40. The van der Waals surface area contributed by atoms with Crippen LogP contribution in [0.5, 0.6) is 0 Å². The summed E-state index contributed by atoms with van der Waals surface area (Å²) in [6, 6.07) is 6.89. The van der Waals surface area contributed by atoms with Gasteiger partial charge in [0.2, 0.25) is 0 Å². The van der Waals surface area contributed by atoms with Crippen LogP contribution in [-0.2, 0) is 11.3 Å². The molecule has 144 valence electrons. The molecule has 1 amide bonds. The topological polar surface area (TPSA) is 110 Å². The Morgan fingerprint density at radius 1 is 1.26 bits per heavy atom. The molecular formula is C18H20F2N4O3. The van der Waals surface area contributed by atoms with E-state index in [9.17, 15) is 18.7 Å². The molecule has 0 fully saturated rings. The SMILES string of the molecule is CC(NCc1ccc(C#Cc2cn[nH]c2)cc1)(C(=O)NO)[C@](C)(O)C(F)F. The molecule has 9 heteroatoms. The summed E-state index contributed by atoms with van der Waals surface area (Å²) in [5.41, 5.74) is -1.38. The quantitative estimate of drug-likeness (QED) is 0.295. The number of carbonyl (C=O) groups excluding carboxylic acids is 1. The molecule has 0 aliphatic heterocycles. The zero-order chi connectivity index (χ0) is 20.1. The summed E-state index contributed by atoms with van der Waals surface area (Å²) < 4.78 is 26.4. The molecule has 1 aromatic carbocycles. The minimum absolute atomic E-state index is 0.00221. The van der Waals surface area contributed by atoms with Crippen molar-refractivity contribution in [2.75, 3.05) is 0 Å². The highest BCUT2D eigenvalue weighted by molar-refractivity contribution is 5.86. The number of aliphatic hydroxyl groups is 1. The van der Waals surface area contributed by atoms with Crippen LogP contribution >= 0.6 is 0 Å². The van der Waals surface area contributed by atoms with Gasteiger partial charge in [0.1, 0.15) is 11.1 Å². The van der Waals surface area contributed by atoms with Gasteiger partial charge in [-0.15, -0.1) is 0 Å². The Bertz CT molecular complexity index is 827. The van der Waals surface area contributed by atoms with Gasteiger partial charge >= 0.3 is 0 Å². The summed E-state index contributed by atoms with van der Waals surface area (Å²) in [7, 11) is 0. The number of nitrogens with zero attached hydrogens (tertiary/aromatic N) is 1. The first-order valence-corrected chi connectivity index (χ1v) is 8.00. The average molecular weight is 378 g/mol. The predicted molar refractivity (Wildman–Crippen MR) is 92.8 cm³/mol. The number of aromatic amines is 1. The first-order chi connectivity index (χ1) is 12.7. The van der Waals surface area contributed by atoms with Crippen molar-refractivity contribution < 1.29 is 23.9 Å². The third-order valence-electron chi connectivity index (χ3n) is 4.44. The van der Waals surface area contributed by atoms with E-state index >= 15 is 0 Å². The molecular weight excluding hydrogens is 358 g/mol. The maximum absolute atomic E-state index is 13.2. The van der Waals surface area contributed by atoms with E-state index in [1.54, 1.807) is 36.7 Å². The van der Waals surface area contributed by atoms with Gasteiger partial charge in [0.15, 0.2) is 0 Å². The van der Waals surface area contributed by atoms with Gasteiger partial charge in [-0.1, -0.05) is 24.0 Å². The fraction of sp³-hybridized carbons (Fsp3) is 0.333. The van der Waals surface area contributed by atoms with Gasteiger partial charge in [-0.05, 0) is 31.5 Å². The Labute approximate surface area is 154 Å². The number of amides is 1. The van der Waals surface area contributed by atoms with Crippen molar-refractivity contribution >= 4 is 5.91 Å². The molecule has 1 heterocycles. The van der Waals surface area contributed by atoms with E-state index in [1.165, 1.54) is 5.48 Å². The summed E-state index contributed by atoms with van der Waals surface area (Å²) in [5.74, 6) is 4.69. The van der Waals surface area contributed by atoms with Crippen LogP contribution in [0.3, 0.4) is 0 Å². The second kappa shape index (κ2) is 8.26. The van der Waals surface area contributed by atoms with Gasteiger partial charge in [0, 0.05) is 18.3 Å². The first kappa shape index (κ1) is 20.5. The molecule has 0 saturated heterocycles. The van der Waals surface area contributed by atoms with Crippen LogP contribution in [0.4, 0.5) is 8.78 Å². The van der Waals surface area contributed by atoms with Crippen LogP contribution in [0.25, 0.3) is 0 Å². The van der Waals surface area contributed by atoms with Gasteiger partial charge in [-0.3, -0.25) is 20.4 Å². The fourth-order valence-corrected chi connectivity index (χ4v) is 2.27. The van der Waals surface area contributed by atoms with Crippen molar-refractivity contribution in [3.8, 4) is 11.8 Å². The number of nitrogens with one attached hydrogen (secondary N) is 3. The van der Waals surface area contributed by atoms with Gasteiger partial charge in [-0.2, -0.15) is 5.10 Å². The molecule has 27 heavy (non-hydrogen) atoms. The van der Waals surface area contributed by atoms with E-state index in [0.717, 1.165) is 25.0 Å². The maximum Gasteiger partial charge on any atom is 0.268 e. The number of benzene rings is 1. The number of alkyl halides is 2. The first-order valence-electron chi connectivity index (χ1n) is 8.00. The van der Waals surface area contributed by atoms with Crippen LogP contribution in [0.1, 0.15) is 30.5 Å². The van der Waals surface area contributed by atoms with E-state index in [4.69, 9.17) is 5.21 Å². The lowest BCUT2D eigenvalue weighted by molar-refractivity contribution is -0.167. The lowest BCUT2D eigenvalue weighted by atomic mass is 9.81. The van der Waals surface area contributed by atoms with Crippen molar-refractivity contribution in [1.29, 1.82) is 0 Å². The molecule has 1 aromatic heterocycles. The highest BCUT2D eigenvalue weighted by Gasteiger charge is 2.54. The molecule has 1 unspecified atom stereocenters. The number of aromatic nitrogens is 2. The number of hydrogen-bond donors (Lipinski definition) is 5. The molecule has 2 atom stereocenters. The zero-order valence-corrected chi connectivity index (χ0v) is 14.8. The number of rotatable bonds is 6. The number of H-pyrrole nitrogens is 1. The molecule has 0 radical (unpaired) electrons. The minimum Gasteiger partial charge on any atom is -0.382 e. The molecule has 2 rings (SSSR count). The van der Waals surface area contributed by atoms with E-state index in [2.05, 4.69) is 27.4 Å². The minimum atomic E-state index is -3.21. The largest absolute Gasteiger partial charge is 0.382 e. The maximum atomic E-state index is 13.2. The summed E-state index contributed by atoms with van der Waals surface area (Å²) in [6.07, 6.45) is 0.0355. The van der Waals surface area contributed by atoms with Crippen molar-refractivity contribution in [3.63, 3.8) is 0 Å². The zero-order valence-electron chi connectivity index (χ0n) is 14.8. The third-order valence-corrected chi connectivity index (χ3v) is 4.44. The normalized spacial score (nSPS) is 15.4. The molecule has 0 saturated carbocycles. The van der Waals surface area contributed by atoms with Gasteiger partial charge in [-0.25, -0.2) is 14.3 Å². The Balaban J connectivity index is 2.12. The summed E-state index contributed by atoms with van der Waals surface area (Å²) >= 11 is 0. The highest BCUT2D eigenvalue weighted by atomic mass is 19.3. The number of carbonyl (C=O) groups is 1. The van der Waals surface area contributed by atoms with Gasteiger partial charge in [0.25, 0.3) is 12.3 Å². The number of halogens is 2. The number of hydrogen-bond acceptors (Lipinski definition) is 5. The molecule has 0 aliphatic carbocycles. The molecule has 2 aromatic rings. The molecule has 7 nitrogen and oxygen atoms in total. The summed E-state index contributed by atoms with van der Waals surface area (Å²) in [5, 5.41) is 28.0. The van der Waals surface area contributed by atoms with Crippen LogP contribution in [-0.4, -0.2) is 44.0 Å².